The molecule has 0 bridgehead atoms. The zero-order valence-corrected chi connectivity index (χ0v) is 17.7. The summed E-state index contributed by atoms with van der Waals surface area (Å²) in [5.41, 5.74) is 1.06. The van der Waals surface area contributed by atoms with Gasteiger partial charge < -0.3 is 4.90 Å². The van der Waals surface area contributed by atoms with Crippen molar-refractivity contribution in [3.63, 3.8) is 0 Å². The van der Waals surface area contributed by atoms with E-state index in [0.717, 1.165) is 12.2 Å². The highest BCUT2D eigenvalue weighted by Gasteiger charge is 2.12. The largest absolute Gasteiger partial charge is 0.369 e. The van der Waals surface area contributed by atoms with Crippen LogP contribution in [-0.4, -0.2) is 21.0 Å². The minimum absolute atomic E-state index is 0.170. The molecule has 0 aliphatic rings. The second-order valence-electron chi connectivity index (χ2n) is 7.51. The van der Waals surface area contributed by atoms with Crippen LogP contribution in [0.25, 0.3) is 0 Å². The normalized spacial score (nSPS) is 11.9. The summed E-state index contributed by atoms with van der Waals surface area (Å²) in [4.78, 5) is 2.50. The molecule has 0 aliphatic heterocycles. The van der Waals surface area contributed by atoms with Gasteiger partial charge in [0.1, 0.15) is 0 Å². The van der Waals surface area contributed by atoms with Gasteiger partial charge in [-0.25, -0.2) is 13.6 Å². The Morgan fingerprint density at radius 2 is 1.31 bits per heavy atom. The third kappa shape index (κ3) is 9.04. The van der Waals surface area contributed by atoms with Crippen LogP contribution in [0.1, 0.15) is 85.0 Å². The molecule has 0 atom stereocenters. The average molecular weight is 383 g/mol. The maximum absolute atomic E-state index is 11.4. The predicted molar refractivity (Wildman–Crippen MR) is 112 cm³/mol. The molecule has 0 spiro atoms. The van der Waals surface area contributed by atoms with Crippen LogP contribution in [0.5, 0.6) is 0 Å². The number of benzene rings is 1. The number of hydrogen-bond donors (Lipinski definition) is 1. The van der Waals surface area contributed by atoms with E-state index < -0.39 is 10.0 Å². The van der Waals surface area contributed by atoms with Crippen LogP contribution in [0.15, 0.2) is 29.2 Å². The maximum atomic E-state index is 11.4. The Hall–Kier alpha value is -1.07. The lowest BCUT2D eigenvalue weighted by Gasteiger charge is -2.29. The van der Waals surface area contributed by atoms with Gasteiger partial charge in [0.15, 0.2) is 0 Å². The van der Waals surface area contributed by atoms with Crippen molar-refractivity contribution < 1.29 is 8.42 Å². The van der Waals surface area contributed by atoms with Crippen molar-refractivity contribution in [3.8, 4) is 0 Å². The van der Waals surface area contributed by atoms with E-state index in [0.29, 0.717) is 6.04 Å². The first kappa shape index (κ1) is 23.0. The summed E-state index contributed by atoms with van der Waals surface area (Å²) in [6.45, 7) is 7.60. The number of hydrogen-bond acceptors (Lipinski definition) is 3. The van der Waals surface area contributed by atoms with Crippen molar-refractivity contribution in [1.82, 2.24) is 0 Å². The van der Waals surface area contributed by atoms with Gasteiger partial charge >= 0.3 is 0 Å². The Morgan fingerprint density at radius 1 is 0.846 bits per heavy atom. The zero-order valence-electron chi connectivity index (χ0n) is 16.9. The van der Waals surface area contributed by atoms with Gasteiger partial charge in [0.25, 0.3) is 0 Å². The molecule has 0 heterocycles. The fourth-order valence-corrected chi connectivity index (χ4v) is 3.80. The van der Waals surface area contributed by atoms with Gasteiger partial charge in [0, 0.05) is 18.3 Å². The van der Waals surface area contributed by atoms with Gasteiger partial charge in [-0.15, -0.1) is 0 Å². The summed E-state index contributed by atoms with van der Waals surface area (Å²) < 4.78 is 22.8. The van der Waals surface area contributed by atoms with Crippen molar-refractivity contribution in [2.45, 2.75) is 95.9 Å². The molecule has 2 N–H and O–H groups in total. The first-order valence-electron chi connectivity index (χ1n) is 10.3. The SMILES string of the molecule is CCCCCCCCCCCCN(c1ccc(S(N)(=O)=O)cc1)C(C)C. The summed E-state index contributed by atoms with van der Waals surface area (Å²) in [5.74, 6) is 0. The van der Waals surface area contributed by atoms with E-state index in [2.05, 4.69) is 25.7 Å². The second-order valence-corrected chi connectivity index (χ2v) is 9.07. The highest BCUT2D eigenvalue weighted by atomic mass is 32.2. The van der Waals surface area contributed by atoms with E-state index in [1.807, 2.05) is 12.1 Å². The lowest BCUT2D eigenvalue weighted by Crippen LogP contribution is -2.31. The Balaban J connectivity index is 2.31. The van der Waals surface area contributed by atoms with Gasteiger partial charge in [-0.3, -0.25) is 0 Å². The maximum Gasteiger partial charge on any atom is 0.238 e. The molecule has 1 rings (SSSR count). The molecule has 5 heteroatoms. The van der Waals surface area contributed by atoms with Gasteiger partial charge in [-0.2, -0.15) is 0 Å². The van der Waals surface area contributed by atoms with Crippen LogP contribution in [-0.2, 0) is 10.0 Å². The number of nitrogens with two attached hydrogens (primary N) is 1. The number of nitrogens with zero attached hydrogens (tertiary/aromatic N) is 1. The van der Waals surface area contributed by atoms with Crippen LogP contribution in [0.2, 0.25) is 0 Å². The highest BCUT2D eigenvalue weighted by Crippen LogP contribution is 2.21. The molecule has 0 fully saturated rings. The van der Waals surface area contributed by atoms with Crippen LogP contribution in [0, 0.1) is 0 Å². The number of unbranched alkanes of at least 4 members (excludes halogenated alkanes) is 9. The van der Waals surface area contributed by atoms with Crippen LogP contribution in [0.4, 0.5) is 5.69 Å². The molecule has 0 amide bonds. The topological polar surface area (TPSA) is 63.4 Å². The predicted octanol–water partition coefficient (Wildman–Crippen LogP) is 5.47. The molecule has 4 nitrogen and oxygen atoms in total. The Morgan fingerprint density at radius 3 is 1.73 bits per heavy atom. The van der Waals surface area contributed by atoms with Gasteiger partial charge in [0.05, 0.1) is 4.90 Å². The zero-order chi connectivity index (χ0) is 19.4. The minimum atomic E-state index is -3.62. The summed E-state index contributed by atoms with van der Waals surface area (Å²) in [6, 6.07) is 7.29. The number of rotatable bonds is 14. The van der Waals surface area contributed by atoms with Crippen molar-refractivity contribution in [2.75, 3.05) is 11.4 Å². The van der Waals surface area contributed by atoms with Crippen LogP contribution < -0.4 is 10.0 Å². The summed E-state index contributed by atoms with van der Waals surface area (Å²) >= 11 is 0. The molecule has 0 aromatic heterocycles. The van der Waals surface area contributed by atoms with E-state index in [1.165, 1.54) is 64.2 Å². The fourth-order valence-electron chi connectivity index (χ4n) is 3.28. The quantitative estimate of drug-likeness (QED) is 0.434. The Bertz CT molecular complexity index is 583. The highest BCUT2D eigenvalue weighted by molar-refractivity contribution is 7.89. The number of anilines is 1. The fraction of sp³-hybridized carbons (Fsp3) is 0.714. The molecule has 0 aliphatic carbocycles. The van der Waals surface area contributed by atoms with E-state index in [9.17, 15) is 8.42 Å². The first-order chi connectivity index (χ1) is 12.4. The molecule has 0 saturated carbocycles. The molecule has 1 aromatic rings. The van der Waals surface area contributed by atoms with Gasteiger partial charge in [0.2, 0.25) is 10.0 Å². The molecular formula is C21H38N2O2S. The first-order valence-corrected chi connectivity index (χ1v) is 11.8. The van der Waals surface area contributed by atoms with Crippen molar-refractivity contribution in [2.24, 2.45) is 5.14 Å². The molecule has 0 saturated heterocycles. The van der Waals surface area contributed by atoms with Crippen molar-refractivity contribution in [1.29, 1.82) is 0 Å². The molecule has 0 radical (unpaired) electrons. The third-order valence-corrected chi connectivity index (χ3v) is 5.80. The molecule has 26 heavy (non-hydrogen) atoms. The molecule has 1 aromatic carbocycles. The van der Waals surface area contributed by atoms with E-state index in [4.69, 9.17) is 5.14 Å². The lowest BCUT2D eigenvalue weighted by atomic mass is 10.1. The van der Waals surface area contributed by atoms with E-state index >= 15 is 0 Å². The van der Waals surface area contributed by atoms with Gasteiger partial charge in [-0.1, -0.05) is 64.7 Å². The van der Waals surface area contributed by atoms with Crippen LogP contribution >= 0.6 is 0 Å². The van der Waals surface area contributed by atoms with Crippen LogP contribution in [0.3, 0.4) is 0 Å². The van der Waals surface area contributed by atoms with Crippen molar-refractivity contribution in [3.05, 3.63) is 24.3 Å². The summed E-state index contributed by atoms with van der Waals surface area (Å²) in [7, 11) is -3.62. The Labute approximate surface area is 161 Å². The summed E-state index contributed by atoms with van der Waals surface area (Å²) in [5, 5.41) is 5.17. The summed E-state index contributed by atoms with van der Waals surface area (Å²) in [6.07, 6.45) is 13.3. The standard InChI is InChI=1S/C21H38N2O2S/c1-4-5-6-7-8-9-10-11-12-13-18-23(19(2)3)20-14-16-21(17-15-20)26(22,24)25/h14-17,19H,4-13,18H2,1-3H3,(H2,22,24,25). The molecule has 0 unspecified atom stereocenters. The molecular weight excluding hydrogens is 344 g/mol. The molecule has 150 valence electrons. The van der Waals surface area contributed by atoms with Crippen molar-refractivity contribution >= 4 is 15.7 Å². The number of sulfonamides is 1. The minimum Gasteiger partial charge on any atom is -0.369 e. The van der Waals surface area contributed by atoms with Gasteiger partial charge in [-0.05, 0) is 44.5 Å². The second kappa shape index (κ2) is 12.3. The lowest BCUT2D eigenvalue weighted by molar-refractivity contribution is 0.548. The average Bonchev–Trinajstić information content (AvgIpc) is 2.59. The Kier molecular flexibility index (Phi) is 10.9. The smallest absolute Gasteiger partial charge is 0.238 e. The van der Waals surface area contributed by atoms with E-state index in [-0.39, 0.29) is 4.90 Å². The monoisotopic (exact) mass is 382 g/mol. The third-order valence-electron chi connectivity index (χ3n) is 4.87. The number of primary sulfonamides is 1. The van der Waals surface area contributed by atoms with E-state index in [1.54, 1.807) is 12.1 Å².